The van der Waals surface area contributed by atoms with E-state index in [1.54, 1.807) is 0 Å². The fourth-order valence-corrected chi connectivity index (χ4v) is 0.638. The van der Waals surface area contributed by atoms with E-state index in [0.717, 1.165) is 19.6 Å². The molecule has 0 aliphatic rings. The molecule has 0 rings (SSSR count). The molecule has 0 spiro atoms. The van der Waals surface area contributed by atoms with E-state index in [9.17, 15) is 0 Å². The summed E-state index contributed by atoms with van der Waals surface area (Å²) in [6.45, 7) is 9.31. The SMILES string of the molecule is CC#CCN(CC)CC. The van der Waals surface area contributed by atoms with Gasteiger partial charge in [0.2, 0.25) is 0 Å². The minimum absolute atomic E-state index is 0.920. The van der Waals surface area contributed by atoms with Crippen molar-refractivity contribution in [2.75, 3.05) is 19.6 Å². The Hall–Kier alpha value is -0.480. The maximum Gasteiger partial charge on any atom is 0.0601 e. The zero-order valence-corrected chi connectivity index (χ0v) is 6.57. The Balaban J connectivity index is 3.39. The first-order chi connectivity index (χ1) is 4.35. The Morgan fingerprint density at radius 1 is 1.22 bits per heavy atom. The van der Waals surface area contributed by atoms with Crippen molar-refractivity contribution in [3.05, 3.63) is 0 Å². The first-order valence-electron chi connectivity index (χ1n) is 3.47. The van der Waals surface area contributed by atoms with Gasteiger partial charge in [-0.05, 0) is 20.0 Å². The van der Waals surface area contributed by atoms with Gasteiger partial charge in [0, 0.05) is 0 Å². The van der Waals surface area contributed by atoms with Gasteiger partial charge in [0.25, 0.3) is 0 Å². The molecule has 0 radical (unpaired) electrons. The van der Waals surface area contributed by atoms with Crippen LogP contribution in [0.5, 0.6) is 0 Å². The van der Waals surface area contributed by atoms with Crippen LogP contribution < -0.4 is 0 Å². The van der Waals surface area contributed by atoms with Crippen molar-refractivity contribution in [3.63, 3.8) is 0 Å². The van der Waals surface area contributed by atoms with Gasteiger partial charge in [0.15, 0.2) is 0 Å². The van der Waals surface area contributed by atoms with Crippen molar-refractivity contribution in [2.24, 2.45) is 0 Å². The van der Waals surface area contributed by atoms with Gasteiger partial charge in [0.1, 0.15) is 0 Å². The number of hydrogen-bond acceptors (Lipinski definition) is 1. The Morgan fingerprint density at radius 2 is 1.78 bits per heavy atom. The summed E-state index contributed by atoms with van der Waals surface area (Å²) in [5.41, 5.74) is 0. The van der Waals surface area contributed by atoms with E-state index in [2.05, 4.69) is 30.6 Å². The second kappa shape index (κ2) is 5.65. The molecular weight excluding hydrogens is 110 g/mol. The van der Waals surface area contributed by atoms with Gasteiger partial charge >= 0.3 is 0 Å². The molecule has 0 saturated carbocycles. The summed E-state index contributed by atoms with van der Waals surface area (Å²) in [6.07, 6.45) is 0. The van der Waals surface area contributed by atoms with Gasteiger partial charge < -0.3 is 0 Å². The van der Waals surface area contributed by atoms with E-state index in [4.69, 9.17) is 0 Å². The molecule has 0 aromatic heterocycles. The molecule has 1 heteroatoms. The lowest BCUT2D eigenvalue weighted by molar-refractivity contribution is 0.342. The highest BCUT2D eigenvalue weighted by Gasteiger charge is 1.91. The molecule has 52 valence electrons. The minimum atomic E-state index is 0.920. The summed E-state index contributed by atoms with van der Waals surface area (Å²) in [5, 5.41) is 0. The van der Waals surface area contributed by atoms with E-state index < -0.39 is 0 Å². The second-order valence-electron chi connectivity index (χ2n) is 1.89. The predicted octanol–water partition coefficient (Wildman–Crippen LogP) is 1.35. The van der Waals surface area contributed by atoms with Crippen LogP contribution in [0.4, 0.5) is 0 Å². The molecule has 0 unspecified atom stereocenters. The van der Waals surface area contributed by atoms with Crippen LogP contribution in [0.1, 0.15) is 20.8 Å². The van der Waals surface area contributed by atoms with Gasteiger partial charge in [-0.1, -0.05) is 19.8 Å². The average molecular weight is 125 g/mol. The molecule has 0 N–H and O–H groups in total. The third-order valence-electron chi connectivity index (χ3n) is 1.37. The largest absolute Gasteiger partial charge is 0.293 e. The third-order valence-corrected chi connectivity index (χ3v) is 1.37. The molecule has 0 aliphatic heterocycles. The Morgan fingerprint density at radius 3 is 2.11 bits per heavy atom. The van der Waals surface area contributed by atoms with Gasteiger partial charge in [-0.3, -0.25) is 4.90 Å². The molecule has 0 amide bonds. The highest BCUT2D eigenvalue weighted by Crippen LogP contribution is 1.82. The molecule has 1 nitrogen and oxygen atoms in total. The van der Waals surface area contributed by atoms with Gasteiger partial charge in [-0.2, -0.15) is 0 Å². The van der Waals surface area contributed by atoms with Crippen molar-refractivity contribution in [1.82, 2.24) is 4.90 Å². The van der Waals surface area contributed by atoms with Crippen LogP contribution >= 0.6 is 0 Å². The van der Waals surface area contributed by atoms with Gasteiger partial charge in [-0.25, -0.2) is 0 Å². The van der Waals surface area contributed by atoms with Gasteiger partial charge in [0.05, 0.1) is 6.54 Å². The molecule has 0 fully saturated rings. The molecule has 0 bridgehead atoms. The summed E-state index contributed by atoms with van der Waals surface area (Å²) in [5.74, 6) is 5.90. The fraction of sp³-hybridized carbons (Fsp3) is 0.750. The van der Waals surface area contributed by atoms with E-state index in [1.807, 2.05) is 6.92 Å². The first-order valence-corrected chi connectivity index (χ1v) is 3.47. The number of rotatable bonds is 3. The smallest absolute Gasteiger partial charge is 0.0601 e. The van der Waals surface area contributed by atoms with E-state index in [-0.39, 0.29) is 0 Å². The lowest BCUT2D eigenvalue weighted by atomic mass is 10.5. The molecule has 0 aliphatic carbocycles. The summed E-state index contributed by atoms with van der Waals surface area (Å²) in [7, 11) is 0. The van der Waals surface area contributed by atoms with E-state index in [1.165, 1.54) is 0 Å². The maximum atomic E-state index is 3.03. The number of hydrogen-bond donors (Lipinski definition) is 0. The van der Waals surface area contributed by atoms with Crippen LogP contribution in [0, 0.1) is 11.8 Å². The normalized spacial score (nSPS) is 8.89. The zero-order valence-electron chi connectivity index (χ0n) is 6.57. The topological polar surface area (TPSA) is 3.24 Å². The maximum absolute atomic E-state index is 3.03. The molecule has 0 atom stereocenters. The predicted molar refractivity (Wildman–Crippen MR) is 41.2 cm³/mol. The van der Waals surface area contributed by atoms with Crippen LogP contribution in [-0.4, -0.2) is 24.5 Å². The van der Waals surface area contributed by atoms with Crippen LogP contribution in [0.2, 0.25) is 0 Å². The van der Waals surface area contributed by atoms with Crippen molar-refractivity contribution >= 4 is 0 Å². The molecular formula is C8H15N. The zero-order chi connectivity index (χ0) is 7.11. The standard InChI is InChI=1S/C8H15N/c1-4-7-8-9(5-2)6-3/h5-6,8H2,1-3H3. The van der Waals surface area contributed by atoms with Crippen LogP contribution in [0.3, 0.4) is 0 Å². The van der Waals surface area contributed by atoms with E-state index in [0.29, 0.717) is 0 Å². The van der Waals surface area contributed by atoms with Crippen LogP contribution in [-0.2, 0) is 0 Å². The van der Waals surface area contributed by atoms with Gasteiger partial charge in [-0.15, -0.1) is 5.92 Å². The quantitative estimate of drug-likeness (QED) is 0.515. The van der Waals surface area contributed by atoms with Crippen LogP contribution in [0.15, 0.2) is 0 Å². The van der Waals surface area contributed by atoms with Crippen LogP contribution in [0.25, 0.3) is 0 Å². The molecule has 0 aromatic carbocycles. The summed E-state index contributed by atoms with van der Waals surface area (Å²) < 4.78 is 0. The summed E-state index contributed by atoms with van der Waals surface area (Å²) in [4.78, 5) is 2.29. The highest BCUT2D eigenvalue weighted by atomic mass is 15.1. The lowest BCUT2D eigenvalue weighted by Gasteiger charge is -2.12. The summed E-state index contributed by atoms with van der Waals surface area (Å²) in [6, 6.07) is 0. The Bertz CT molecular complexity index is 103. The Kier molecular flexibility index (Phi) is 5.35. The summed E-state index contributed by atoms with van der Waals surface area (Å²) >= 11 is 0. The van der Waals surface area contributed by atoms with Crippen molar-refractivity contribution in [1.29, 1.82) is 0 Å². The minimum Gasteiger partial charge on any atom is -0.293 e. The first kappa shape index (κ1) is 8.52. The van der Waals surface area contributed by atoms with E-state index >= 15 is 0 Å². The monoisotopic (exact) mass is 125 g/mol. The molecule has 0 aromatic rings. The van der Waals surface area contributed by atoms with Crippen molar-refractivity contribution in [2.45, 2.75) is 20.8 Å². The van der Waals surface area contributed by atoms with Crippen molar-refractivity contribution < 1.29 is 0 Å². The Labute approximate surface area is 58.1 Å². The fourth-order valence-electron chi connectivity index (χ4n) is 0.638. The average Bonchev–Trinajstić information content (AvgIpc) is 1.91. The second-order valence-corrected chi connectivity index (χ2v) is 1.89. The molecule has 0 saturated heterocycles. The third kappa shape index (κ3) is 4.05. The highest BCUT2D eigenvalue weighted by molar-refractivity contribution is 4.97. The van der Waals surface area contributed by atoms with Crippen molar-refractivity contribution in [3.8, 4) is 11.8 Å². The molecule has 9 heavy (non-hydrogen) atoms. The molecule has 0 heterocycles. The lowest BCUT2D eigenvalue weighted by Crippen LogP contribution is -2.22. The number of nitrogens with zero attached hydrogens (tertiary/aromatic N) is 1.